The van der Waals surface area contributed by atoms with E-state index >= 15 is 0 Å². The molecule has 1 aliphatic carbocycles. The van der Waals surface area contributed by atoms with E-state index in [-0.39, 0.29) is 35.4 Å². The third kappa shape index (κ3) is 2.85. The van der Waals surface area contributed by atoms with Crippen LogP contribution in [0.2, 0.25) is 0 Å². The van der Waals surface area contributed by atoms with Gasteiger partial charge in [0, 0.05) is 37.5 Å². The first-order valence-corrected chi connectivity index (χ1v) is 11.0. The van der Waals surface area contributed by atoms with Crippen LogP contribution in [0.4, 0.5) is 5.13 Å². The molecule has 2 saturated heterocycles. The maximum atomic E-state index is 13.6. The first-order valence-electron chi connectivity index (χ1n) is 10.2. The molecule has 2 bridgehead atoms. The van der Waals surface area contributed by atoms with Crippen LogP contribution in [0.5, 0.6) is 0 Å². The first-order chi connectivity index (χ1) is 12.9. The number of rotatable bonds is 3. The third-order valence-corrected chi connectivity index (χ3v) is 7.98. The number of carbonyl (C=O) groups excluding carboxylic acids is 2. The van der Waals surface area contributed by atoms with Crippen molar-refractivity contribution in [2.45, 2.75) is 77.9 Å². The van der Waals surface area contributed by atoms with Crippen LogP contribution in [-0.4, -0.2) is 57.8 Å². The van der Waals surface area contributed by atoms with E-state index in [9.17, 15) is 9.59 Å². The average Bonchev–Trinajstić information content (AvgIpc) is 3.02. The van der Waals surface area contributed by atoms with Crippen LogP contribution in [0.3, 0.4) is 0 Å². The van der Waals surface area contributed by atoms with Crippen LogP contribution in [-0.2, 0) is 4.79 Å². The van der Waals surface area contributed by atoms with Gasteiger partial charge < -0.3 is 15.1 Å². The number of carbonyl (C=O) groups is 2. The van der Waals surface area contributed by atoms with E-state index in [1.165, 1.54) is 11.3 Å². The van der Waals surface area contributed by atoms with Crippen molar-refractivity contribution >= 4 is 28.3 Å². The van der Waals surface area contributed by atoms with Gasteiger partial charge in [0.25, 0.3) is 5.91 Å². The number of likely N-dealkylation sites (tertiary alicyclic amines) is 2. The molecule has 2 aliphatic heterocycles. The number of piperidine rings is 1. The number of nitrogens with zero attached hydrogens (tertiary/aromatic N) is 3. The van der Waals surface area contributed by atoms with Crippen molar-refractivity contribution < 1.29 is 9.59 Å². The fraction of sp³-hybridized carbons (Fsp3) is 0.750. The van der Waals surface area contributed by atoms with Crippen LogP contribution < -0.4 is 5.32 Å². The van der Waals surface area contributed by atoms with E-state index in [0.717, 1.165) is 54.4 Å². The minimum absolute atomic E-state index is 0.00381. The topological polar surface area (TPSA) is 65.5 Å². The van der Waals surface area contributed by atoms with Crippen molar-refractivity contribution in [3.8, 4) is 0 Å². The number of nitrogens with one attached hydrogen (secondary N) is 1. The van der Waals surface area contributed by atoms with Crippen molar-refractivity contribution in [1.82, 2.24) is 14.8 Å². The molecule has 6 nitrogen and oxygen atoms in total. The Morgan fingerprint density at radius 1 is 1.30 bits per heavy atom. The van der Waals surface area contributed by atoms with Crippen LogP contribution in [0.25, 0.3) is 0 Å². The van der Waals surface area contributed by atoms with Gasteiger partial charge in [0.15, 0.2) is 5.13 Å². The number of hydrogen-bond acceptors (Lipinski definition) is 5. The maximum absolute atomic E-state index is 13.6. The number of anilines is 1. The Hall–Kier alpha value is -1.63. The Morgan fingerprint density at radius 3 is 2.67 bits per heavy atom. The molecule has 7 heteroatoms. The van der Waals surface area contributed by atoms with Gasteiger partial charge in [-0.2, -0.15) is 0 Å². The smallest absolute Gasteiger partial charge is 0.266 e. The highest BCUT2D eigenvalue weighted by Gasteiger charge is 2.60. The Balaban J connectivity index is 1.71. The third-order valence-electron chi connectivity index (χ3n) is 6.87. The van der Waals surface area contributed by atoms with Crippen molar-refractivity contribution in [3.05, 3.63) is 10.6 Å². The number of aryl methyl sites for hydroxylation is 1. The molecule has 1 aromatic heterocycles. The molecule has 3 fully saturated rings. The number of amides is 2. The highest BCUT2D eigenvalue weighted by Crippen LogP contribution is 2.53. The summed E-state index contributed by atoms with van der Waals surface area (Å²) in [6.45, 7) is 9.42. The lowest BCUT2D eigenvalue weighted by molar-refractivity contribution is -0.136. The second kappa shape index (κ2) is 6.76. The molecular weight excluding hydrogens is 360 g/mol. The Morgan fingerprint density at radius 2 is 2.00 bits per heavy atom. The summed E-state index contributed by atoms with van der Waals surface area (Å²) in [5.41, 5.74) is 0.810. The summed E-state index contributed by atoms with van der Waals surface area (Å²) >= 11 is 1.46. The van der Waals surface area contributed by atoms with E-state index in [1.807, 2.05) is 13.8 Å². The van der Waals surface area contributed by atoms with Crippen molar-refractivity contribution in [1.29, 1.82) is 0 Å². The van der Waals surface area contributed by atoms with Gasteiger partial charge >= 0.3 is 0 Å². The minimum Gasteiger partial charge on any atom is -0.362 e. The highest BCUT2D eigenvalue weighted by molar-refractivity contribution is 7.17. The Bertz CT molecular complexity index is 763. The lowest BCUT2D eigenvalue weighted by atomic mass is 9.71. The van der Waals surface area contributed by atoms with Gasteiger partial charge in [0.2, 0.25) is 5.91 Å². The largest absolute Gasteiger partial charge is 0.362 e. The van der Waals surface area contributed by atoms with Gasteiger partial charge in [-0.15, -0.1) is 0 Å². The molecule has 4 rings (SSSR count). The molecule has 1 N–H and O–H groups in total. The van der Waals surface area contributed by atoms with Crippen molar-refractivity contribution in [2.24, 2.45) is 5.41 Å². The van der Waals surface area contributed by atoms with Crippen LogP contribution in [0.15, 0.2) is 0 Å². The van der Waals surface area contributed by atoms with E-state index in [0.29, 0.717) is 6.54 Å². The summed E-state index contributed by atoms with van der Waals surface area (Å²) in [7, 11) is 0. The SMILES string of the molecule is CCNc1nc(C)c(C(=O)N2[C@@H]3CN(C(C)=O)[C@@H]4CCCC[C@H]2[C@]4(C)C3)s1. The summed E-state index contributed by atoms with van der Waals surface area (Å²) < 4.78 is 0. The second-order valence-corrected chi connectivity index (χ2v) is 9.53. The van der Waals surface area contributed by atoms with E-state index in [2.05, 4.69) is 27.0 Å². The average molecular weight is 391 g/mol. The summed E-state index contributed by atoms with van der Waals surface area (Å²) in [5, 5.41) is 4.04. The van der Waals surface area contributed by atoms with Crippen LogP contribution in [0, 0.1) is 12.3 Å². The zero-order valence-electron chi connectivity index (χ0n) is 16.7. The summed E-state index contributed by atoms with van der Waals surface area (Å²) in [6.07, 6.45) is 5.38. The number of thiazole rings is 1. The Labute approximate surface area is 165 Å². The molecular formula is C20H30N4O2S. The molecule has 1 saturated carbocycles. The molecule has 1 aromatic rings. The standard InChI is InChI=1S/C20H30N4O2S/c1-5-21-19-22-12(2)17(27-19)18(26)24-14-10-20(4)15(23(11-14)13(3)25)8-6-7-9-16(20)24/h14-16H,5-11H2,1-4H3,(H,21,22)/t14-,15+,16-,20+/m0/s1. The molecule has 2 amide bonds. The highest BCUT2D eigenvalue weighted by atomic mass is 32.1. The van der Waals surface area contributed by atoms with Gasteiger partial charge in [0.05, 0.1) is 11.7 Å². The first kappa shape index (κ1) is 18.7. The quantitative estimate of drug-likeness (QED) is 0.860. The van der Waals surface area contributed by atoms with E-state index in [4.69, 9.17) is 0 Å². The monoisotopic (exact) mass is 390 g/mol. The molecule has 0 radical (unpaired) electrons. The molecule has 3 heterocycles. The fourth-order valence-corrected chi connectivity index (χ4v) is 6.74. The molecule has 4 atom stereocenters. The van der Waals surface area contributed by atoms with E-state index in [1.54, 1.807) is 6.92 Å². The second-order valence-electron chi connectivity index (χ2n) is 8.53. The number of hydrogen-bond donors (Lipinski definition) is 1. The summed E-state index contributed by atoms with van der Waals surface area (Å²) in [5.74, 6) is 0.258. The molecule has 27 heavy (non-hydrogen) atoms. The number of aromatic nitrogens is 1. The molecule has 0 spiro atoms. The van der Waals surface area contributed by atoms with Crippen molar-refractivity contribution in [3.63, 3.8) is 0 Å². The van der Waals surface area contributed by atoms with E-state index < -0.39 is 0 Å². The fourth-order valence-electron chi connectivity index (χ4n) is 5.76. The summed E-state index contributed by atoms with van der Waals surface area (Å²) in [6, 6.07) is 0.599. The van der Waals surface area contributed by atoms with Gasteiger partial charge in [-0.1, -0.05) is 31.1 Å². The minimum atomic E-state index is 0.00381. The number of fused-ring (bicyclic) bond motifs is 1. The predicted octanol–water partition coefficient (Wildman–Crippen LogP) is 3.28. The van der Waals surface area contributed by atoms with Gasteiger partial charge in [-0.25, -0.2) is 4.98 Å². The zero-order chi connectivity index (χ0) is 19.3. The predicted molar refractivity (Wildman–Crippen MR) is 107 cm³/mol. The summed E-state index contributed by atoms with van der Waals surface area (Å²) in [4.78, 5) is 35.5. The van der Waals surface area contributed by atoms with Gasteiger partial charge in [0.1, 0.15) is 4.88 Å². The molecule has 0 aromatic carbocycles. The van der Waals surface area contributed by atoms with Crippen LogP contribution >= 0.6 is 11.3 Å². The molecule has 3 aliphatic rings. The van der Waals surface area contributed by atoms with Crippen molar-refractivity contribution in [2.75, 3.05) is 18.4 Å². The molecule has 148 valence electrons. The normalized spacial score (nSPS) is 32.4. The van der Waals surface area contributed by atoms with Crippen LogP contribution in [0.1, 0.15) is 68.2 Å². The van der Waals surface area contributed by atoms with Gasteiger partial charge in [-0.3, -0.25) is 9.59 Å². The maximum Gasteiger partial charge on any atom is 0.266 e. The molecule has 0 unspecified atom stereocenters. The lowest BCUT2D eigenvalue weighted by Gasteiger charge is -2.46. The zero-order valence-corrected chi connectivity index (χ0v) is 17.6. The van der Waals surface area contributed by atoms with Gasteiger partial charge in [-0.05, 0) is 33.1 Å². The Kier molecular flexibility index (Phi) is 4.69. The lowest BCUT2D eigenvalue weighted by Crippen LogP contribution is -2.55.